The highest BCUT2D eigenvalue weighted by Crippen LogP contribution is 2.36. The summed E-state index contributed by atoms with van der Waals surface area (Å²) in [5.41, 5.74) is 1.15. The van der Waals surface area contributed by atoms with Crippen molar-refractivity contribution in [2.75, 3.05) is 12.3 Å². The molecule has 1 saturated heterocycles. The zero-order chi connectivity index (χ0) is 10.1. The van der Waals surface area contributed by atoms with Crippen molar-refractivity contribution in [1.82, 2.24) is 10.2 Å². The van der Waals surface area contributed by atoms with Gasteiger partial charge in [-0.25, -0.2) is 0 Å². The van der Waals surface area contributed by atoms with E-state index in [-0.39, 0.29) is 0 Å². The Morgan fingerprint density at radius 3 is 3.14 bits per heavy atom. The average molecular weight is 230 g/mol. The topological polar surface area (TPSA) is 32.3 Å². The molecular formula is C9H14N2OS2. The Balaban J connectivity index is 2.16. The summed E-state index contributed by atoms with van der Waals surface area (Å²) in [7, 11) is 0. The number of thioether (sulfide) groups is 2. The van der Waals surface area contributed by atoms with Gasteiger partial charge in [-0.15, -0.1) is 23.5 Å². The molecule has 0 spiro atoms. The zero-order valence-electron chi connectivity index (χ0n) is 8.32. The van der Waals surface area contributed by atoms with Crippen molar-refractivity contribution in [3.8, 4) is 0 Å². The van der Waals surface area contributed by atoms with E-state index in [9.17, 15) is 4.79 Å². The van der Waals surface area contributed by atoms with E-state index in [0.717, 1.165) is 29.3 Å². The number of carbonyl (C=O) groups excluding carboxylic acids is 1. The van der Waals surface area contributed by atoms with E-state index in [4.69, 9.17) is 0 Å². The molecule has 0 aromatic rings. The van der Waals surface area contributed by atoms with Crippen molar-refractivity contribution in [2.24, 2.45) is 0 Å². The van der Waals surface area contributed by atoms with E-state index in [0.29, 0.717) is 10.7 Å². The molecule has 0 amide bonds. The Morgan fingerprint density at radius 1 is 1.71 bits per heavy atom. The van der Waals surface area contributed by atoms with Gasteiger partial charge in [-0.2, -0.15) is 0 Å². The molecule has 2 heterocycles. The molecule has 1 fully saturated rings. The molecule has 0 aromatic carbocycles. The van der Waals surface area contributed by atoms with Crippen molar-refractivity contribution in [1.29, 1.82) is 0 Å². The largest absolute Gasteiger partial charge is 0.350 e. The Morgan fingerprint density at radius 2 is 2.50 bits per heavy atom. The molecule has 0 radical (unpaired) electrons. The van der Waals surface area contributed by atoms with Crippen LogP contribution in [-0.4, -0.2) is 34.2 Å². The molecule has 1 N–H and O–H groups in total. The molecule has 3 nitrogen and oxygen atoms in total. The first kappa shape index (κ1) is 10.2. The maximum absolute atomic E-state index is 11.0. The van der Waals surface area contributed by atoms with Crippen molar-refractivity contribution in [3.63, 3.8) is 0 Å². The van der Waals surface area contributed by atoms with Crippen molar-refractivity contribution in [2.45, 2.75) is 24.6 Å². The van der Waals surface area contributed by atoms with Crippen LogP contribution in [0, 0.1) is 0 Å². The van der Waals surface area contributed by atoms with Gasteiger partial charge < -0.3 is 10.2 Å². The van der Waals surface area contributed by atoms with Crippen LogP contribution in [0.25, 0.3) is 0 Å². The van der Waals surface area contributed by atoms with Gasteiger partial charge in [0.05, 0.1) is 5.03 Å². The first-order valence-electron chi connectivity index (χ1n) is 4.73. The Kier molecular flexibility index (Phi) is 2.97. The van der Waals surface area contributed by atoms with E-state index in [1.54, 1.807) is 11.8 Å². The van der Waals surface area contributed by atoms with Gasteiger partial charge in [0, 0.05) is 17.5 Å². The maximum atomic E-state index is 11.0. The quantitative estimate of drug-likeness (QED) is 0.742. The fourth-order valence-corrected chi connectivity index (χ4v) is 3.74. The first-order chi connectivity index (χ1) is 6.72. The van der Waals surface area contributed by atoms with Gasteiger partial charge in [0.2, 0.25) is 0 Å². The van der Waals surface area contributed by atoms with E-state index in [1.165, 1.54) is 0 Å². The first-order valence-corrected chi connectivity index (χ1v) is 6.66. The third kappa shape index (κ3) is 1.75. The summed E-state index contributed by atoms with van der Waals surface area (Å²) in [6, 6.07) is 0. The Bertz CT molecular complexity index is 278. The number of allylic oxidation sites excluding steroid dienone is 1. The average Bonchev–Trinajstić information content (AvgIpc) is 2.62. The second kappa shape index (κ2) is 4.06. The molecule has 0 saturated carbocycles. The number of hydrogen-bond donors (Lipinski definition) is 1. The van der Waals surface area contributed by atoms with E-state index < -0.39 is 0 Å². The normalized spacial score (nSPS) is 25.6. The predicted molar refractivity (Wildman–Crippen MR) is 61.9 cm³/mol. The minimum atomic E-state index is 0.302. The Hall–Kier alpha value is -0.290. The molecule has 78 valence electrons. The van der Waals surface area contributed by atoms with Gasteiger partial charge in [0.15, 0.2) is 6.29 Å². The maximum Gasteiger partial charge on any atom is 0.168 e. The van der Waals surface area contributed by atoms with Gasteiger partial charge in [-0.05, 0) is 0 Å². The molecular weight excluding hydrogens is 216 g/mol. The molecule has 2 aliphatic heterocycles. The van der Waals surface area contributed by atoms with E-state index in [2.05, 4.69) is 24.1 Å². The van der Waals surface area contributed by atoms with E-state index >= 15 is 0 Å². The van der Waals surface area contributed by atoms with Crippen molar-refractivity contribution in [3.05, 3.63) is 10.7 Å². The number of carbonyl (C=O) groups is 1. The lowest BCUT2D eigenvalue weighted by Crippen LogP contribution is -2.29. The second-order valence-corrected chi connectivity index (χ2v) is 6.33. The molecule has 0 bridgehead atoms. The summed E-state index contributed by atoms with van der Waals surface area (Å²) in [4.78, 5) is 13.1. The number of nitrogens with one attached hydrogen (secondary N) is 1. The molecule has 1 unspecified atom stereocenters. The van der Waals surface area contributed by atoms with Crippen LogP contribution in [0.4, 0.5) is 0 Å². The Labute approximate surface area is 92.7 Å². The summed E-state index contributed by atoms with van der Waals surface area (Å²) in [6.45, 7) is 5.26. The number of rotatable bonds is 3. The molecule has 1 atom stereocenters. The van der Waals surface area contributed by atoms with Gasteiger partial charge in [-0.3, -0.25) is 4.79 Å². The van der Waals surface area contributed by atoms with Crippen LogP contribution in [0.3, 0.4) is 0 Å². The summed E-state index contributed by atoms with van der Waals surface area (Å²) in [5, 5.41) is 4.95. The molecule has 0 aromatic heterocycles. The minimum absolute atomic E-state index is 0.302. The predicted octanol–water partition coefficient (Wildman–Crippen LogP) is 1.43. The summed E-state index contributed by atoms with van der Waals surface area (Å²) >= 11 is 3.60. The van der Waals surface area contributed by atoms with Gasteiger partial charge in [-0.1, -0.05) is 13.8 Å². The van der Waals surface area contributed by atoms with Crippen LogP contribution in [0.5, 0.6) is 0 Å². The van der Waals surface area contributed by atoms with Crippen LogP contribution in [-0.2, 0) is 4.79 Å². The number of fused-ring (bicyclic) bond motifs is 1. The van der Waals surface area contributed by atoms with Crippen molar-refractivity contribution >= 4 is 29.8 Å². The zero-order valence-corrected chi connectivity index (χ0v) is 9.95. The van der Waals surface area contributed by atoms with Gasteiger partial charge >= 0.3 is 0 Å². The third-order valence-corrected chi connectivity index (χ3v) is 4.29. The highest BCUT2D eigenvalue weighted by Gasteiger charge is 2.35. The van der Waals surface area contributed by atoms with E-state index in [1.807, 2.05) is 11.8 Å². The second-order valence-electron chi connectivity index (χ2n) is 3.56. The van der Waals surface area contributed by atoms with Gasteiger partial charge in [0.25, 0.3) is 0 Å². The molecule has 5 heteroatoms. The monoisotopic (exact) mass is 230 g/mol. The van der Waals surface area contributed by atoms with Crippen LogP contribution in [0.1, 0.15) is 13.8 Å². The summed E-state index contributed by atoms with van der Waals surface area (Å²) in [6.07, 6.45) is 0.976. The van der Waals surface area contributed by atoms with Crippen LogP contribution < -0.4 is 5.32 Å². The molecule has 2 aliphatic rings. The minimum Gasteiger partial charge on any atom is -0.350 e. The number of hydrogen-bond acceptors (Lipinski definition) is 5. The fraction of sp³-hybridized carbons (Fsp3) is 0.667. The van der Waals surface area contributed by atoms with Crippen molar-refractivity contribution < 1.29 is 4.79 Å². The summed E-state index contributed by atoms with van der Waals surface area (Å²) in [5.74, 6) is 1.11. The van der Waals surface area contributed by atoms with Crippen LogP contribution in [0.2, 0.25) is 0 Å². The standard InChI is InChI=1S/C9H14N2OS2/c1-6(2)14-8-7(5-12)11-3-4-13-9(11)10-8/h5-6,9-10H,3-4H2,1-2H3. The molecule has 0 aliphatic carbocycles. The SMILES string of the molecule is CC(C)SC1=C(C=O)N2CCSC2N1. The highest BCUT2D eigenvalue weighted by molar-refractivity contribution is 8.03. The number of nitrogens with zero attached hydrogens (tertiary/aromatic N) is 1. The fourth-order valence-electron chi connectivity index (χ4n) is 1.60. The lowest BCUT2D eigenvalue weighted by atomic mass is 10.4. The molecule has 14 heavy (non-hydrogen) atoms. The smallest absolute Gasteiger partial charge is 0.168 e. The third-order valence-electron chi connectivity index (χ3n) is 2.15. The lowest BCUT2D eigenvalue weighted by Gasteiger charge is -2.16. The van der Waals surface area contributed by atoms with Gasteiger partial charge in [0.1, 0.15) is 11.2 Å². The lowest BCUT2D eigenvalue weighted by molar-refractivity contribution is -0.106. The summed E-state index contributed by atoms with van der Waals surface area (Å²) < 4.78 is 0. The van der Waals surface area contributed by atoms with Crippen LogP contribution in [0.15, 0.2) is 10.7 Å². The highest BCUT2D eigenvalue weighted by atomic mass is 32.2. The molecule has 2 rings (SSSR count). The number of aldehydes is 1. The van der Waals surface area contributed by atoms with Crippen LogP contribution >= 0.6 is 23.5 Å².